The highest BCUT2D eigenvalue weighted by atomic mass is 16.5. The Morgan fingerprint density at radius 2 is 2.11 bits per heavy atom. The number of carbonyl (C=O) groups is 1. The molecule has 1 aromatic carbocycles. The molecular formula is C14H16N2O3. The van der Waals surface area contributed by atoms with Crippen LogP contribution in [0.2, 0.25) is 0 Å². The van der Waals surface area contributed by atoms with E-state index in [1.165, 1.54) is 0 Å². The summed E-state index contributed by atoms with van der Waals surface area (Å²) in [5, 5.41) is 0. The second kappa shape index (κ2) is 5.58. The van der Waals surface area contributed by atoms with Crippen LogP contribution < -0.4 is 16.0 Å². The van der Waals surface area contributed by atoms with Gasteiger partial charge in [0.05, 0.1) is 5.56 Å². The lowest BCUT2D eigenvalue weighted by Gasteiger charge is -2.06. The summed E-state index contributed by atoms with van der Waals surface area (Å²) in [5.41, 5.74) is 3.55. The molecule has 0 bridgehead atoms. The summed E-state index contributed by atoms with van der Waals surface area (Å²) in [4.78, 5) is 11.4. The largest absolute Gasteiger partial charge is 0.485 e. The molecule has 0 spiro atoms. The zero-order valence-corrected chi connectivity index (χ0v) is 10.9. The van der Waals surface area contributed by atoms with Crippen molar-refractivity contribution in [3.63, 3.8) is 0 Å². The van der Waals surface area contributed by atoms with Gasteiger partial charge in [-0.25, -0.2) is 5.84 Å². The summed E-state index contributed by atoms with van der Waals surface area (Å²) in [6.07, 6.45) is 0. The molecular weight excluding hydrogens is 244 g/mol. The molecule has 2 aromatic rings. The molecule has 2 rings (SSSR count). The molecule has 5 heteroatoms. The highest BCUT2D eigenvalue weighted by molar-refractivity contribution is 5.94. The van der Waals surface area contributed by atoms with E-state index in [1.807, 2.05) is 31.2 Å². The topological polar surface area (TPSA) is 77.5 Å². The molecule has 0 aliphatic rings. The van der Waals surface area contributed by atoms with Crippen molar-refractivity contribution in [1.82, 2.24) is 5.43 Å². The maximum Gasteiger partial charge on any atom is 0.268 e. The van der Waals surface area contributed by atoms with E-state index in [-0.39, 0.29) is 12.5 Å². The summed E-state index contributed by atoms with van der Waals surface area (Å²) in [7, 11) is 0. The average molecular weight is 260 g/mol. The van der Waals surface area contributed by atoms with Crippen LogP contribution >= 0.6 is 0 Å². The molecule has 3 N–H and O–H groups in total. The average Bonchev–Trinajstić information content (AvgIpc) is 2.78. The number of nitrogens with two attached hydrogens (primary N) is 1. The Balaban J connectivity index is 2.09. The maximum atomic E-state index is 11.4. The molecule has 100 valence electrons. The van der Waals surface area contributed by atoms with Gasteiger partial charge in [0, 0.05) is 0 Å². The van der Waals surface area contributed by atoms with Crippen LogP contribution in [0.1, 0.15) is 27.4 Å². The number of ether oxygens (including phenoxy) is 1. The minimum absolute atomic E-state index is 0.267. The van der Waals surface area contributed by atoms with Crippen LogP contribution in [0.5, 0.6) is 5.75 Å². The molecule has 0 fully saturated rings. The van der Waals surface area contributed by atoms with E-state index in [1.54, 1.807) is 13.0 Å². The first-order valence-electron chi connectivity index (χ1n) is 5.90. The highest BCUT2D eigenvalue weighted by Gasteiger charge is 2.14. The van der Waals surface area contributed by atoms with Gasteiger partial charge < -0.3 is 9.15 Å². The number of nitrogens with one attached hydrogen (secondary N) is 1. The molecule has 0 saturated heterocycles. The van der Waals surface area contributed by atoms with Gasteiger partial charge in [-0.15, -0.1) is 0 Å². The van der Waals surface area contributed by atoms with Gasteiger partial charge in [-0.1, -0.05) is 18.2 Å². The van der Waals surface area contributed by atoms with Crippen molar-refractivity contribution in [2.24, 2.45) is 5.84 Å². The van der Waals surface area contributed by atoms with Crippen molar-refractivity contribution in [3.8, 4) is 5.75 Å². The van der Waals surface area contributed by atoms with Crippen molar-refractivity contribution >= 4 is 5.91 Å². The van der Waals surface area contributed by atoms with Crippen LogP contribution in [0.4, 0.5) is 0 Å². The number of hydrogen-bond donors (Lipinski definition) is 2. The first-order valence-corrected chi connectivity index (χ1v) is 5.90. The Kier molecular flexibility index (Phi) is 3.87. The van der Waals surface area contributed by atoms with Gasteiger partial charge in [0.15, 0.2) is 0 Å². The molecule has 1 amide bonds. The van der Waals surface area contributed by atoms with Crippen LogP contribution in [0.25, 0.3) is 0 Å². The maximum absolute atomic E-state index is 11.4. The number of carbonyl (C=O) groups excluding carboxylic acids is 1. The smallest absolute Gasteiger partial charge is 0.268 e. The third-order valence-corrected chi connectivity index (χ3v) is 2.81. The van der Waals surface area contributed by atoms with E-state index in [4.69, 9.17) is 15.0 Å². The second-order valence-electron chi connectivity index (χ2n) is 4.21. The SMILES string of the molecule is Cc1ccccc1OCc1cc(C(=O)NN)c(C)o1. The fourth-order valence-electron chi connectivity index (χ4n) is 1.79. The van der Waals surface area contributed by atoms with E-state index in [2.05, 4.69) is 5.43 Å². The van der Waals surface area contributed by atoms with Crippen LogP contribution in [0, 0.1) is 13.8 Å². The molecule has 0 saturated carbocycles. The van der Waals surface area contributed by atoms with Gasteiger partial charge in [0.2, 0.25) is 0 Å². The summed E-state index contributed by atoms with van der Waals surface area (Å²) >= 11 is 0. The number of hydrogen-bond acceptors (Lipinski definition) is 4. The Morgan fingerprint density at radius 3 is 2.79 bits per heavy atom. The van der Waals surface area contributed by atoms with Crippen LogP contribution in [-0.4, -0.2) is 5.91 Å². The van der Waals surface area contributed by atoms with Crippen LogP contribution in [-0.2, 0) is 6.61 Å². The molecule has 0 unspecified atom stereocenters. The first kappa shape index (κ1) is 13.2. The normalized spacial score (nSPS) is 10.3. The van der Waals surface area contributed by atoms with E-state index in [0.29, 0.717) is 17.1 Å². The number of hydrazine groups is 1. The van der Waals surface area contributed by atoms with E-state index in [9.17, 15) is 4.79 Å². The lowest BCUT2D eigenvalue weighted by molar-refractivity contribution is 0.0952. The van der Waals surface area contributed by atoms with Gasteiger partial charge in [-0.05, 0) is 31.5 Å². The number of aryl methyl sites for hydroxylation is 2. The van der Waals surface area contributed by atoms with Gasteiger partial charge >= 0.3 is 0 Å². The molecule has 0 atom stereocenters. The molecule has 0 aliphatic heterocycles. The second-order valence-corrected chi connectivity index (χ2v) is 4.21. The standard InChI is InChI=1S/C14H16N2O3/c1-9-5-3-4-6-13(9)18-8-11-7-12(10(2)19-11)14(17)16-15/h3-7H,8,15H2,1-2H3,(H,16,17). The van der Waals surface area contributed by atoms with Crippen molar-refractivity contribution in [3.05, 3.63) is 53.0 Å². The summed E-state index contributed by atoms with van der Waals surface area (Å²) in [6.45, 7) is 3.95. The van der Waals surface area contributed by atoms with Crippen molar-refractivity contribution in [1.29, 1.82) is 0 Å². The van der Waals surface area contributed by atoms with Gasteiger partial charge in [-0.3, -0.25) is 10.2 Å². The number of para-hydroxylation sites is 1. The summed E-state index contributed by atoms with van der Waals surface area (Å²) in [5.74, 6) is 6.62. The molecule has 5 nitrogen and oxygen atoms in total. The Labute approximate surface area is 111 Å². The molecule has 0 radical (unpaired) electrons. The number of furan rings is 1. The van der Waals surface area contributed by atoms with Crippen LogP contribution in [0.15, 0.2) is 34.7 Å². The molecule has 1 aromatic heterocycles. The van der Waals surface area contributed by atoms with Crippen molar-refractivity contribution < 1.29 is 13.9 Å². The van der Waals surface area contributed by atoms with Gasteiger partial charge in [-0.2, -0.15) is 0 Å². The predicted molar refractivity (Wildman–Crippen MR) is 70.6 cm³/mol. The third-order valence-electron chi connectivity index (χ3n) is 2.81. The number of benzene rings is 1. The quantitative estimate of drug-likeness (QED) is 0.501. The predicted octanol–water partition coefficient (Wildman–Crippen LogP) is 2.08. The van der Waals surface area contributed by atoms with Gasteiger partial charge in [0.25, 0.3) is 5.91 Å². The van der Waals surface area contributed by atoms with Gasteiger partial charge in [0.1, 0.15) is 23.9 Å². The third kappa shape index (κ3) is 2.95. The fourth-order valence-corrected chi connectivity index (χ4v) is 1.79. The summed E-state index contributed by atoms with van der Waals surface area (Å²) in [6, 6.07) is 9.34. The zero-order valence-electron chi connectivity index (χ0n) is 10.9. The Bertz CT molecular complexity index is 590. The minimum atomic E-state index is -0.372. The highest BCUT2D eigenvalue weighted by Crippen LogP contribution is 2.20. The van der Waals surface area contributed by atoms with Crippen LogP contribution in [0.3, 0.4) is 0 Å². The lowest BCUT2D eigenvalue weighted by Crippen LogP contribution is -2.30. The molecule has 1 heterocycles. The lowest BCUT2D eigenvalue weighted by atomic mass is 10.2. The van der Waals surface area contributed by atoms with Crippen molar-refractivity contribution in [2.45, 2.75) is 20.5 Å². The molecule has 19 heavy (non-hydrogen) atoms. The first-order chi connectivity index (χ1) is 9.11. The number of amides is 1. The molecule has 0 aliphatic carbocycles. The Hall–Kier alpha value is -2.27. The number of nitrogen functional groups attached to an aromatic ring is 1. The Morgan fingerprint density at radius 1 is 1.37 bits per heavy atom. The monoisotopic (exact) mass is 260 g/mol. The minimum Gasteiger partial charge on any atom is -0.485 e. The number of rotatable bonds is 4. The zero-order chi connectivity index (χ0) is 13.8. The van der Waals surface area contributed by atoms with E-state index < -0.39 is 0 Å². The van der Waals surface area contributed by atoms with E-state index >= 15 is 0 Å². The van der Waals surface area contributed by atoms with E-state index in [0.717, 1.165) is 11.3 Å². The fraction of sp³-hybridized carbons (Fsp3) is 0.214. The van der Waals surface area contributed by atoms with Crippen molar-refractivity contribution in [2.75, 3.05) is 0 Å². The summed E-state index contributed by atoms with van der Waals surface area (Å²) < 4.78 is 11.1.